The Kier molecular flexibility index (Phi) is 4.43. The zero-order valence-electron chi connectivity index (χ0n) is 7.45. The highest BCUT2D eigenvalue weighted by atomic mass is 79.9. The molecule has 0 bridgehead atoms. The van der Waals surface area contributed by atoms with Gasteiger partial charge >= 0.3 is 0 Å². The van der Waals surface area contributed by atoms with Crippen molar-refractivity contribution < 1.29 is 0 Å². The van der Waals surface area contributed by atoms with E-state index in [2.05, 4.69) is 49.0 Å². The second-order valence-electron chi connectivity index (χ2n) is 3.01. The van der Waals surface area contributed by atoms with Crippen molar-refractivity contribution in [3.05, 3.63) is 34.9 Å². The summed E-state index contributed by atoms with van der Waals surface area (Å²) in [5.74, 6) is 0.499. The largest absolute Gasteiger partial charge is 0.0961 e. The minimum Gasteiger partial charge on any atom is -0.0961 e. The van der Waals surface area contributed by atoms with E-state index in [4.69, 9.17) is 0 Å². The van der Waals surface area contributed by atoms with Crippen LogP contribution in [0.25, 0.3) is 0 Å². The third-order valence-corrected chi connectivity index (χ3v) is 1.79. The van der Waals surface area contributed by atoms with Gasteiger partial charge in [-0.1, -0.05) is 54.6 Å². The smallest absolute Gasteiger partial charge is 0.0138 e. The van der Waals surface area contributed by atoms with Gasteiger partial charge < -0.3 is 0 Å². The van der Waals surface area contributed by atoms with E-state index in [0.717, 1.165) is 10.1 Å². The molecule has 0 aliphatic carbocycles. The highest BCUT2D eigenvalue weighted by Gasteiger charge is 2.03. The van der Waals surface area contributed by atoms with Crippen molar-refractivity contribution in [3.63, 3.8) is 0 Å². The lowest BCUT2D eigenvalue weighted by Gasteiger charge is -2.09. The van der Waals surface area contributed by atoms with E-state index in [1.807, 2.05) is 6.92 Å². The third kappa shape index (κ3) is 4.20. The molecule has 0 atom stereocenters. The summed E-state index contributed by atoms with van der Waals surface area (Å²) in [5.41, 5.74) is 2.28. The van der Waals surface area contributed by atoms with Crippen molar-refractivity contribution in [1.82, 2.24) is 0 Å². The minimum absolute atomic E-state index is 0.499. The topological polar surface area (TPSA) is 0 Å². The van der Waals surface area contributed by atoms with Gasteiger partial charge in [-0.3, -0.25) is 0 Å². The van der Waals surface area contributed by atoms with Gasteiger partial charge in [0.1, 0.15) is 0 Å². The lowest BCUT2D eigenvalue weighted by Crippen LogP contribution is -1.93. The molecule has 0 fully saturated rings. The molecule has 0 saturated carbocycles. The maximum Gasteiger partial charge on any atom is 0.0138 e. The van der Waals surface area contributed by atoms with E-state index in [0.29, 0.717) is 5.92 Å². The van der Waals surface area contributed by atoms with Crippen molar-refractivity contribution in [2.75, 3.05) is 0 Å². The molecule has 62 valence electrons. The molecule has 0 amide bonds. The van der Waals surface area contributed by atoms with E-state index in [1.165, 1.54) is 5.57 Å². The van der Waals surface area contributed by atoms with Crippen molar-refractivity contribution in [2.24, 2.45) is 5.92 Å². The lowest BCUT2D eigenvalue weighted by atomic mass is 10.0. The standard InChI is InChI=1S/C10H15Br/c1-7(2)6-10(8(3)4)9(5)11/h6,8H,1,5H2,2-4H3/b10-6-. The molecule has 0 spiro atoms. The van der Waals surface area contributed by atoms with Crippen LogP contribution in [0.15, 0.2) is 34.9 Å². The molecule has 0 unspecified atom stereocenters. The first-order chi connectivity index (χ1) is 4.95. The van der Waals surface area contributed by atoms with Gasteiger partial charge in [-0.05, 0) is 18.4 Å². The summed E-state index contributed by atoms with van der Waals surface area (Å²) in [6.45, 7) is 13.9. The average molecular weight is 215 g/mol. The van der Waals surface area contributed by atoms with Crippen LogP contribution in [0.3, 0.4) is 0 Å². The zero-order chi connectivity index (χ0) is 9.02. The van der Waals surface area contributed by atoms with Gasteiger partial charge in [-0.15, -0.1) is 0 Å². The highest BCUT2D eigenvalue weighted by Crippen LogP contribution is 2.23. The van der Waals surface area contributed by atoms with Gasteiger partial charge in [0.25, 0.3) is 0 Å². The first kappa shape index (κ1) is 10.7. The highest BCUT2D eigenvalue weighted by molar-refractivity contribution is 9.11. The maximum atomic E-state index is 3.84. The van der Waals surface area contributed by atoms with Crippen LogP contribution in [0.2, 0.25) is 0 Å². The fourth-order valence-electron chi connectivity index (χ4n) is 0.824. The van der Waals surface area contributed by atoms with E-state index >= 15 is 0 Å². The van der Waals surface area contributed by atoms with Crippen molar-refractivity contribution in [1.29, 1.82) is 0 Å². The fraction of sp³-hybridized carbons (Fsp3) is 0.400. The second kappa shape index (κ2) is 4.55. The van der Waals surface area contributed by atoms with Crippen LogP contribution < -0.4 is 0 Å². The number of hydrogen-bond donors (Lipinski definition) is 0. The average Bonchev–Trinajstić information content (AvgIpc) is 1.81. The van der Waals surface area contributed by atoms with E-state index < -0.39 is 0 Å². The molecule has 0 aliphatic heterocycles. The minimum atomic E-state index is 0.499. The number of allylic oxidation sites excluding steroid dienone is 4. The summed E-state index contributed by atoms with van der Waals surface area (Å²) in [4.78, 5) is 0. The Bertz CT molecular complexity index is 197. The van der Waals surface area contributed by atoms with Crippen LogP contribution in [0.4, 0.5) is 0 Å². The first-order valence-corrected chi connectivity index (χ1v) is 4.46. The first-order valence-electron chi connectivity index (χ1n) is 3.67. The summed E-state index contributed by atoms with van der Waals surface area (Å²) < 4.78 is 0.954. The van der Waals surface area contributed by atoms with Gasteiger partial charge in [0.15, 0.2) is 0 Å². The molecule has 0 saturated heterocycles. The van der Waals surface area contributed by atoms with Gasteiger partial charge in [0.05, 0.1) is 0 Å². The van der Waals surface area contributed by atoms with Crippen LogP contribution in [0.5, 0.6) is 0 Å². The van der Waals surface area contributed by atoms with Crippen LogP contribution in [-0.2, 0) is 0 Å². The summed E-state index contributed by atoms with van der Waals surface area (Å²) >= 11 is 3.37. The number of rotatable bonds is 3. The molecule has 0 heterocycles. The normalized spacial score (nSPS) is 11.9. The van der Waals surface area contributed by atoms with Crippen LogP contribution >= 0.6 is 15.9 Å². The Morgan fingerprint density at radius 3 is 1.91 bits per heavy atom. The molecule has 0 aromatic carbocycles. The van der Waals surface area contributed by atoms with Gasteiger partial charge in [0.2, 0.25) is 0 Å². The monoisotopic (exact) mass is 214 g/mol. The van der Waals surface area contributed by atoms with Crippen molar-refractivity contribution in [3.8, 4) is 0 Å². The zero-order valence-corrected chi connectivity index (χ0v) is 9.03. The van der Waals surface area contributed by atoms with Crippen LogP contribution in [-0.4, -0.2) is 0 Å². The van der Waals surface area contributed by atoms with Crippen LogP contribution in [0, 0.1) is 5.92 Å². The van der Waals surface area contributed by atoms with Crippen molar-refractivity contribution in [2.45, 2.75) is 20.8 Å². The molecule has 0 N–H and O–H groups in total. The molecule has 1 heteroatoms. The fourth-order valence-corrected chi connectivity index (χ4v) is 1.40. The summed E-state index contributed by atoms with van der Waals surface area (Å²) in [6, 6.07) is 0. The molecule has 0 aromatic heterocycles. The molecule has 11 heavy (non-hydrogen) atoms. The molecule has 0 aromatic rings. The van der Waals surface area contributed by atoms with E-state index in [9.17, 15) is 0 Å². The van der Waals surface area contributed by atoms with Crippen molar-refractivity contribution >= 4 is 15.9 Å². The van der Waals surface area contributed by atoms with Gasteiger partial charge in [0, 0.05) is 4.48 Å². The molecule has 0 nitrogen and oxygen atoms in total. The predicted molar refractivity (Wildman–Crippen MR) is 55.8 cm³/mol. The van der Waals surface area contributed by atoms with E-state index in [-0.39, 0.29) is 0 Å². The summed E-state index contributed by atoms with van der Waals surface area (Å²) in [5, 5.41) is 0. The maximum absolute atomic E-state index is 3.84. The van der Waals surface area contributed by atoms with Gasteiger partial charge in [-0.25, -0.2) is 0 Å². The quantitative estimate of drug-likeness (QED) is 0.623. The molecule has 0 rings (SSSR count). The second-order valence-corrected chi connectivity index (χ2v) is 3.96. The Hall–Kier alpha value is -0.300. The SMILES string of the molecule is C=C(C)/C=C(\C(=C)Br)C(C)C. The molecule has 0 radical (unpaired) electrons. The molecule has 0 aliphatic rings. The Balaban J connectivity index is 4.60. The Morgan fingerprint density at radius 1 is 1.36 bits per heavy atom. The number of hydrogen-bond acceptors (Lipinski definition) is 0. The molecular weight excluding hydrogens is 200 g/mol. The predicted octanol–water partition coefficient (Wildman–Crippen LogP) is 4.05. The lowest BCUT2D eigenvalue weighted by molar-refractivity contribution is 0.789. The summed E-state index contributed by atoms with van der Waals surface area (Å²) in [6.07, 6.45) is 2.06. The number of halogens is 1. The third-order valence-electron chi connectivity index (χ3n) is 1.34. The molecular formula is C10H15Br. The summed E-state index contributed by atoms with van der Waals surface area (Å²) in [7, 11) is 0. The van der Waals surface area contributed by atoms with E-state index in [1.54, 1.807) is 0 Å². The Labute approximate surface area is 77.8 Å². The Morgan fingerprint density at radius 2 is 1.82 bits per heavy atom. The van der Waals surface area contributed by atoms with Crippen LogP contribution in [0.1, 0.15) is 20.8 Å². The van der Waals surface area contributed by atoms with Gasteiger partial charge in [-0.2, -0.15) is 0 Å².